The van der Waals surface area contributed by atoms with Crippen LogP contribution in [0.3, 0.4) is 0 Å². The fourth-order valence-corrected chi connectivity index (χ4v) is 4.55. The average molecular weight is 545 g/mol. The van der Waals surface area contributed by atoms with Crippen LogP contribution in [-0.2, 0) is 9.53 Å². The summed E-state index contributed by atoms with van der Waals surface area (Å²) in [4.78, 5) is 11.4. The fraction of sp³-hybridized carbons (Fsp3) is 0.970. The quantitative estimate of drug-likeness (QED) is 0.0646. The minimum atomic E-state index is -0.954. The first kappa shape index (κ1) is 39.5. The van der Waals surface area contributed by atoms with Crippen molar-refractivity contribution in [3.63, 3.8) is 0 Å². The molecular formula is C33H68O5. The molecule has 0 fully saturated rings. The van der Waals surface area contributed by atoms with Gasteiger partial charge in [-0.3, -0.25) is 4.79 Å². The van der Waals surface area contributed by atoms with Crippen molar-refractivity contribution in [3.8, 4) is 0 Å². The molecule has 0 amide bonds. The van der Waals surface area contributed by atoms with Crippen LogP contribution in [0.25, 0.3) is 0 Å². The predicted octanol–water partition coefficient (Wildman–Crippen LogP) is 9.04. The van der Waals surface area contributed by atoms with Crippen molar-refractivity contribution in [2.45, 2.75) is 187 Å². The molecular weight excluding hydrogens is 476 g/mol. The summed E-state index contributed by atoms with van der Waals surface area (Å²) < 4.78 is 4.86. The van der Waals surface area contributed by atoms with E-state index in [4.69, 9.17) is 20.1 Å². The van der Waals surface area contributed by atoms with Crippen molar-refractivity contribution in [2.24, 2.45) is 0 Å². The third kappa shape index (κ3) is 37.5. The van der Waals surface area contributed by atoms with Gasteiger partial charge in [0.15, 0.2) is 0 Å². The van der Waals surface area contributed by atoms with E-state index in [1.165, 1.54) is 141 Å². The van der Waals surface area contributed by atoms with Gasteiger partial charge in [0.1, 0.15) is 12.7 Å². The summed E-state index contributed by atoms with van der Waals surface area (Å²) in [6.07, 6.45) is 32.3. The van der Waals surface area contributed by atoms with Gasteiger partial charge in [0.2, 0.25) is 0 Å². The molecule has 0 aromatic heterocycles. The van der Waals surface area contributed by atoms with E-state index in [9.17, 15) is 4.79 Å². The lowest BCUT2D eigenvalue weighted by Gasteiger charge is -2.08. The third-order valence-electron chi connectivity index (χ3n) is 7.14. The van der Waals surface area contributed by atoms with Crippen LogP contribution in [0, 0.1) is 0 Å². The van der Waals surface area contributed by atoms with Crippen LogP contribution in [0.5, 0.6) is 0 Å². The Hall–Kier alpha value is -0.650. The Morgan fingerprint density at radius 3 is 1.16 bits per heavy atom. The molecule has 38 heavy (non-hydrogen) atoms. The molecule has 3 N–H and O–H groups in total. The number of hydrogen-bond donors (Lipinski definition) is 3. The monoisotopic (exact) mass is 545 g/mol. The summed E-state index contributed by atoms with van der Waals surface area (Å²) in [7, 11) is 0. The standard InChI is InChI=1S/C21H42O4.C12H26O/c1-2-3-4-5-6-7-8-9-10-11-12-13-14-15-16-17-21(24)25-19-20(23)18-22;1-2-3-4-5-6-7-8-9-10-11-12-13/h20,22-23H,2-19H2,1H3;13H,2-12H2,1H3. The van der Waals surface area contributed by atoms with Gasteiger partial charge in [-0.25, -0.2) is 0 Å². The number of esters is 1. The Bertz CT molecular complexity index is 420. The van der Waals surface area contributed by atoms with Crippen molar-refractivity contribution in [1.29, 1.82) is 0 Å². The zero-order valence-corrected chi connectivity index (χ0v) is 25.7. The molecule has 0 saturated heterocycles. The maximum absolute atomic E-state index is 11.4. The Morgan fingerprint density at radius 1 is 0.526 bits per heavy atom. The number of aliphatic hydroxyl groups is 3. The summed E-state index contributed by atoms with van der Waals surface area (Å²) in [5.41, 5.74) is 0. The molecule has 5 nitrogen and oxygen atoms in total. The lowest BCUT2D eigenvalue weighted by Crippen LogP contribution is -2.21. The Balaban J connectivity index is 0. The molecule has 0 rings (SSSR count). The van der Waals surface area contributed by atoms with Crippen LogP contribution in [0.1, 0.15) is 181 Å². The molecule has 0 aromatic rings. The minimum absolute atomic E-state index is 0.103. The molecule has 1 atom stereocenters. The molecule has 0 radical (unpaired) electrons. The number of rotatable bonds is 29. The van der Waals surface area contributed by atoms with Gasteiger partial charge >= 0.3 is 5.97 Å². The zero-order valence-electron chi connectivity index (χ0n) is 25.7. The van der Waals surface area contributed by atoms with E-state index in [2.05, 4.69) is 13.8 Å². The number of unbranched alkanes of at least 4 members (excludes halogenated alkanes) is 23. The van der Waals surface area contributed by atoms with Gasteiger partial charge in [-0.15, -0.1) is 0 Å². The van der Waals surface area contributed by atoms with Gasteiger partial charge < -0.3 is 20.1 Å². The third-order valence-corrected chi connectivity index (χ3v) is 7.14. The first-order valence-corrected chi connectivity index (χ1v) is 16.7. The molecule has 0 aliphatic rings. The molecule has 0 aromatic carbocycles. The van der Waals surface area contributed by atoms with Crippen LogP contribution >= 0.6 is 0 Å². The largest absolute Gasteiger partial charge is 0.463 e. The molecule has 0 aliphatic carbocycles. The normalized spacial score (nSPS) is 11.7. The number of aliphatic hydroxyl groups excluding tert-OH is 3. The molecule has 1 unspecified atom stereocenters. The summed E-state index contributed by atoms with van der Waals surface area (Å²) in [6.45, 7) is 4.42. The minimum Gasteiger partial charge on any atom is -0.463 e. The van der Waals surface area contributed by atoms with Crippen molar-refractivity contribution in [3.05, 3.63) is 0 Å². The number of ether oxygens (including phenoxy) is 1. The number of carbonyl (C=O) groups is 1. The highest BCUT2D eigenvalue weighted by atomic mass is 16.5. The molecule has 5 heteroatoms. The van der Waals surface area contributed by atoms with Crippen LogP contribution in [0.2, 0.25) is 0 Å². The first-order chi connectivity index (χ1) is 18.6. The van der Waals surface area contributed by atoms with Crippen molar-refractivity contribution < 1.29 is 24.9 Å². The highest BCUT2D eigenvalue weighted by molar-refractivity contribution is 5.69. The fourth-order valence-electron chi connectivity index (χ4n) is 4.55. The summed E-state index contributed by atoms with van der Waals surface area (Å²) in [6, 6.07) is 0. The SMILES string of the molecule is CCCCCCCCCCCCCCCCCC(=O)OCC(O)CO.CCCCCCCCCCCCO. The molecule has 0 saturated carbocycles. The van der Waals surface area contributed by atoms with Gasteiger partial charge in [0, 0.05) is 13.0 Å². The Morgan fingerprint density at radius 2 is 0.842 bits per heavy atom. The lowest BCUT2D eigenvalue weighted by atomic mass is 10.0. The van der Waals surface area contributed by atoms with E-state index >= 15 is 0 Å². The van der Waals surface area contributed by atoms with Gasteiger partial charge in [-0.2, -0.15) is 0 Å². The maximum atomic E-state index is 11.4. The highest BCUT2D eigenvalue weighted by Crippen LogP contribution is 2.14. The second kappa shape index (κ2) is 36.4. The first-order valence-electron chi connectivity index (χ1n) is 16.7. The van der Waals surface area contributed by atoms with E-state index < -0.39 is 6.10 Å². The number of hydrogen-bond acceptors (Lipinski definition) is 5. The van der Waals surface area contributed by atoms with Crippen LogP contribution in [-0.4, -0.2) is 47.2 Å². The molecule has 0 heterocycles. The topological polar surface area (TPSA) is 87.0 Å². The van der Waals surface area contributed by atoms with E-state index in [0.29, 0.717) is 13.0 Å². The van der Waals surface area contributed by atoms with Gasteiger partial charge in [-0.1, -0.05) is 162 Å². The molecule has 0 bridgehead atoms. The summed E-state index contributed by atoms with van der Waals surface area (Å²) >= 11 is 0. The van der Waals surface area contributed by atoms with Gasteiger partial charge in [-0.05, 0) is 12.8 Å². The second-order valence-electron chi connectivity index (χ2n) is 11.1. The second-order valence-corrected chi connectivity index (χ2v) is 11.1. The zero-order chi connectivity index (χ0) is 28.4. The van der Waals surface area contributed by atoms with Crippen LogP contribution in [0.15, 0.2) is 0 Å². The van der Waals surface area contributed by atoms with E-state index in [1.807, 2.05) is 0 Å². The van der Waals surface area contributed by atoms with Gasteiger partial charge in [0.25, 0.3) is 0 Å². The smallest absolute Gasteiger partial charge is 0.305 e. The Labute approximate surface area is 237 Å². The van der Waals surface area contributed by atoms with Crippen LogP contribution in [0.4, 0.5) is 0 Å². The Kier molecular flexibility index (Phi) is 37.8. The highest BCUT2D eigenvalue weighted by Gasteiger charge is 2.07. The van der Waals surface area contributed by atoms with Crippen molar-refractivity contribution >= 4 is 5.97 Å². The van der Waals surface area contributed by atoms with Crippen molar-refractivity contribution in [2.75, 3.05) is 19.8 Å². The van der Waals surface area contributed by atoms with Crippen molar-refractivity contribution in [1.82, 2.24) is 0 Å². The van der Waals surface area contributed by atoms with Gasteiger partial charge in [0.05, 0.1) is 6.61 Å². The predicted molar refractivity (Wildman–Crippen MR) is 163 cm³/mol. The lowest BCUT2D eigenvalue weighted by molar-refractivity contribution is -0.147. The van der Waals surface area contributed by atoms with E-state index in [0.717, 1.165) is 19.3 Å². The molecule has 0 aliphatic heterocycles. The summed E-state index contributed by atoms with van der Waals surface area (Å²) in [5.74, 6) is -0.276. The average Bonchev–Trinajstić information content (AvgIpc) is 2.93. The van der Waals surface area contributed by atoms with Crippen LogP contribution < -0.4 is 0 Å². The maximum Gasteiger partial charge on any atom is 0.305 e. The number of carbonyl (C=O) groups excluding carboxylic acids is 1. The summed E-state index contributed by atoms with van der Waals surface area (Å²) in [5, 5.41) is 26.3. The van der Waals surface area contributed by atoms with E-state index in [-0.39, 0.29) is 19.2 Å². The molecule has 0 spiro atoms. The van der Waals surface area contributed by atoms with E-state index in [1.54, 1.807) is 0 Å². The molecule has 230 valence electrons.